The van der Waals surface area contributed by atoms with Gasteiger partial charge in [-0.2, -0.15) is 0 Å². The van der Waals surface area contributed by atoms with E-state index in [1.807, 2.05) is 0 Å². The third kappa shape index (κ3) is 5.78. The van der Waals surface area contributed by atoms with E-state index >= 15 is 0 Å². The molecule has 0 aliphatic heterocycles. The summed E-state index contributed by atoms with van der Waals surface area (Å²) in [5, 5.41) is 20.3. The van der Waals surface area contributed by atoms with Gasteiger partial charge in [-0.05, 0) is 31.2 Å². The van der Waals surface area contributed by atoms with Gasteiger partial charge in [0.05, 0.1) is 18.8 Å². The average Bonchev–Trinajstić information content (AvgIpc) is 2.39. The number of ether oxygens (including phenoxy) is 1. The molecule has 0 bridgehead atoms. The van der Waals surface area contributed by atoms with Crippen LogP contribution in [0.1, 0.15) is 22.3 Å². The fourth-order valence-electron chi connectivity index (χ4n) is 1.53. The van der Waals surface area contributed by atoms with Crippen molar-refractivity contribution >= 4 is 5.97 Å². The van der Waals surface area contributed by atoms with Crippen molar-refractivity contribution in [3.8, 4) is 0 Å². The second kappa shape index (κ2) is 8.58. The van der Waals surface area contributed by atoms with Gasteiger partial charge in [-0.3, -0.25) is 0 Å². The van der Waals surface area contributed by atoms with Gasteiger partial charge in [-0.1, -0.05) is 0 Å². The van der Waals surface area contributed by atoms with Gasteiger partial charge in [0.25, 0.3) is 0 Å². The molecule has 0 heterocycles. The summed E-state index contributed by atoms with van der Waals surface area (Å²) in [5.41, 5.74) is 0.403. The van der Waals surface area contributed by atoms with E-state index in [-0.39, 0.29) is 18.7 Å². The van der Waals surface area contributed by atoms with Crippen molar-refractivity contribution in [3.05, 3.63) is 35.1 Å². The highest BCUT2D eigenvalue weighted by atomic mass is 19.1. The van der Waals surface area contributed by atoms with Gasteiger partial charge in [-0.15, -0.1) is 0 Å². The number of carboxylic acids is 1. The molecular formula is C13H18FNO4. The monoisotopic (exact) mass is 271 g/mol. The Morgan fingerprint density at radius 1 is 1.37 bits per heavy atom. The van der Waals surface area contributed by atoms with Crippen molar-refractivity contribution in [3.63, 3.8) is 0 Å². The maximum absolute atomic E-state index is 13.4. The molecule has 1 aromatic carbocycles. The van der Waals surface area contributed by atoms with E-state index in [1.165, 1.54) is 12.1 Å². The fourth-order valence-corrected chi connectivity index (χ4v) is 1.53. The third-order valence-electron chi connectivity index (χ3n) is 2.49. The Hall–Kier alpha value is -1.50. The van der Waals surface area contributed by atoms with Crippen LogP contribution in [0.25, 0.3) is 0 Å². The van der Waals surface area contributed by atoms with Gasteiger partial charge in [0.1, 0.15) is 5.82 Å². The molecule has 1 aromatic rings. The summed E-state index contributed by atoms with van der Waals surface area (Å²) in [6.45, 7) is 1.73. The molecule has 1 rings (SSSR count). The lowest BCUT2D eigenvalue weighted by Gasteiger charge is -2.07. The predicted octanol–water partition coefficient (Wildman–Crippen LogP) is 1.01. The van der Waals surface area contributed by atoms with Gasteiger partial charge in [0, 0.05) is 18.7 Å². The number of hydrogen-bond donors (Lipinski definition) is 3. The van der Waals surface area contributed by atoms with Crippen LogP contribution >= 0.6 is 0 Å². The second-order valence-corrected chi connectivity index (χ2v) is 3.98. The number of halogens is 1. The number of hydrogen-bond acceptors (Lipinski definition) is 4. The standard InChI is InChI=1S/C13H18FNO4/c14-12-3-2-10(13(17)18)8-11(12)9-15-4-1-6-19-7-5-16/h2-3,8,15-16H,1,4-7,9H2,(H,17,18). The SMILES string of the molecule is O=C(O)c1ccc(F)c(CNCCCOCCO)c1. The van der Waals surface area contributed by atoms with E-state index in [1.54, 1.807) is 0 Å². The van der Waals surface area contributed by atoms with Crippen molar-refractivity contribution in [1.82, 2.24) is 5.32 Å². The van der Waals surface area contributed by atoms with E-state index in [2.05, 4.69) is 5.32 Å². The molecule has 0 unspecified atom stereocenters. The number of aromatic carboxylic acids is 1. The van der Waals surface area contributed by atoms with Crippen LogP contribution in [-0.2, 0) is 11.3 Å². The molecule has 0 spiro atoms. The molecule has 0 aliphatic carbocycles. The maximum atomic E-state index is 13.4. The van der Waals surface area contributed by atoms with Crippen molar-refractivity contribution in [2.45, 2.75) is 13.0 Å². The number of benzene rings is 1. The average molecular weight is 271 g/mol. The first-order chi connectivity index (χ1) is 9.15. The number of carboxylic acid groups (broad SMARTS) is 1. The number of aliphatic hydroxyl groups is 1. The lowest BCUT2D eigenvalue weighted by Crippen LogP contribution is -2.18. The summed E-state index contributed by atoms with van der Waals surface area (Å²) in [5.74, 6) is -1.49. The molecule has 0 radical (unpaired) electrons. The van der Waals surface area contributed by atoms with Gasteiger partial charge in [0.15, 0.2) is 0 Å². The number of nitrogens with one attached hydrogen (secondary N) is 1. The number of rotatable bonds is 9. The molecule has 106 valence electrons. The Morgan fingerprint density at radius 2 is 2.16 bits per heavy atom. The van der Waals surface area contributed by atoms with Crippen LogP contribution < -0.4 is 5.32 Å². The first-order valence-corrected chi connectivity index (χ1v) is 6.06. The molecule has 0 fully saturated rings. The lowest BCUT2D eigenvalue weighted by molar-refractivity contribution is 0.0696. The van der Waals surface area contributed by atoms with E-state index < -0.39 is 11.8 Å². The summed E-state index contributed by atoms with van der Waals surface area (Å²) in [6.07, 6.45) is 0.736. The Morgan fingerprint density at radius 3 is 2.84 bits per heavy atom. The highest BCUT2D eigenvalue weighted by Gasteiger charge is 2.07. The quantitative estimate of drug-likeness (QED) is 0.584. The normalized spacial score (nSPS) is 10.6. The summed E-state index contributed by atoms with van der Waals surface area (Å²) in [7, 11) is 0. The Kier molecular flexibility index (Phi) is 7.02. The summed E-state index contributed by atoms with van der Waals surface area (Å²) in [6, 6.07) is 3.72. The first-order valence-electron chi connectivity index (χ1n) is 6.06. The number of carbonyl (C=O) groups is 1. The van der Waals surface area contributed by atoms with Crippen LogP contribution in [0, 0.1) is 5.82 Å². The molecule has 5 nitrogen and oxygen atoms in total. The minimum Gasteiger partial charge on any atom is -0.478 e. The molecule has 19 heavy (non-hydrogen) atoms. The first kappa shape index (κ1) is 15.6. The van der Waals surface area contributed by atoms with Gasteiger partial charge in [-0.25, -0.2) is 9.18 Å². The largest absolute Gasteiger partial charge is 0.478 e. The fraction of sp³-hybridized carbons (Fsp3) is 0.462. The lowest BCUT2D eigenvalue weighted by atomic mass is 10.1. The van der Waals surface area contributed by atoms with Crippen molar-refractivity contribution < 1.29 is 24.1 Å². The topological polar surface area (TPSA) is 78.8 Å². The molecule has 0 aliphatic rings. The van der Waals surface area contributed by atoms with Crippen molar-refractivity contribution in [1.29, 1.82) is 0 Å². The van der Waals surface area contributed by atoms with Crippen LogP contribution in [0.4, 0.5) is 4.39 Å². The van der Waals surface area contributed by atoms with Crippen LogP contribution in [0.3, 0.4) is 0 Å². The summed E-state index contributed by atoms with van der Waals surface area (Å²) in [4.78, 5) is 10.8. The molecule has 6 heteroatoms. The molecule has 0 saturated carbocycles. The molecule has 0 aromatic heterocycles. The van der Waals surface area contributed by atoms with Crippen LogP contribution in [0.2, 0.25) is 0 Å². The Balaban J connectivity index is 2.32. The van der Waals surface area contributed by atoms with Crippen molar-refractivity contribution in [2.75, 3.05) is 26.4 Å². The van der Waals surface area contributed by atoms with Crippen molar-refractivity contribution in [2.24, 2.45) is 0 Å². The zero-order chi connectivity index (χ0) is 14.1. The minimum absolute atomic E-state index is 0.000615. The highest BCUT2D eigenvalue weighted by Crippen LogP contribution is 2.10. The van der Waals surface area contributed by atoms with Crippen LogP contribution in [0.15, 0.2) is 18.2 Å². The summed E-state index contributed by atoms with van der Waals surface area (Å²) < 4.78 is 18.5. The maximum Gasteiger partial charge on any atom is 0.335 e. The van der Waals surface area contributed by atoms with E-state index in [9.17, 15) is 9.18 Å². The van der Waals surface area contributed by atoms with Gasteiger partial charge >= 0.3 is 5.97 Å². The highest BCUT2D eigenvalue weighted by molar-refractivity contribution is 5.87. The Labute approximate surface area is 111 Å². The minimum atomic E-state index is -1.07. The molecule has 0 atom stereocenters. The molecular weight excluding hydrogens is 253 g/mol. The zero-order valence-electron chi connectivity index (χ0n) is 10.6. The smallest absolute Gasteiger partial charge is 0.335 e. The van der Waals surface area contributed by atoms with E-state index in [4.69, 9.17) is 14.9 Å². The summed E-state index contributed by atoms with van der Waals surface area (Å²) >= 11 is 0. The zero-order valence-corrected chi connectivity index (χ0v) is 10.6. The second-order valence-electron chi connectivity index (χ2n) is 3.98. The van der Waals surface area contributed by atoms with E-state index in [0.29, 0.717) is 25.3 Å². The number of aliphatic hydroxyl groups excluding tert-OH is 1. The molecule has 0 saturated heterocycles. The van der Waals surface area contributed by atoms with Crippen LogP contribution in [0.5, 0.6) is 0 Å². The van der Waals surface area contributed by atoms with E-state index in [0.717, 1.165) is 12.5 Å². The molecule has 0 amide bonds. The van der Waals surface area contributed by atoms with Gasteiger partial charge in [0.2, 0.25) is 0 Å². The third-order valence-corrected chi connectivity index (χ3v) is 2.49. The Bertz CT molecular complexity index is 412. The predicted molar refractivity (Wildman–Crippen MR) is 67.6 cm³/mol. The van der Waals surface area contributed by atoms with Crippen LogP contribution in [-0.4, -0.2) is 42.5 Å². The van der Waals surface area contributed by atoms with Gasteiger partial charge < -0.3 is 20.3 Å². The molecule has 3 N–H and O–H groups in total.